The Bertz CT molecular complexity index is 1130. The first-order chi connectivity index (χ1) is 16.5. The first-order valence-corrected chi connectivity index (χ1v) is 11.4. The third-order valence-electron chi connectivity index (χ3n) is 5.38. The lowest BCUT2D eigenvalue weighted by molar-refractivity contribution is -0.384. The number of para-hydroxylation sites is 2. The topological polar surface area (TPSA) is 111 Å². The lowest BCUT2D eigenvalue weighted by atomic mass is 10.1. The van der Waals surface area contributed by atoms with Gasteiger partial charge in [-0.1, -0.05) is 12.1 Å². The molecule has 178 valence electrons. The Balaban J connectivity index is 1.52. The average molecular weight is 486 g/mol. The summed E-state index contributed by atoms with van der Waals surface area (Å²) < 4.78 is 16.3. The molecule has 11 heteroatoms. The van der Waals surface area contributed by atoms with Crippen LogP contribution in [0.15, 0.2) is 47.4 Å². The van der Waals surface area contributed by atoms with Crippen molar-refractivity contribution in [2.45, 2.75) is 0 Å². The SMILES string of the molecule is COc1ccccc1OCCN1C(=O)S/C(=C\c2cc([N+](=O)[O-])ccc2N2CCOCC2)C1=O. The molecule has 0 saturated carbocycles. The van der Waals surface area contributed by atoms with Gasteiger partial charge in [0.2, 0.25) is 0 Å². The first kappa shape index (κ1) is 23.6. The Morgan fingerprint density at radius 1 is 1.15 bits per heavy atom. The number of thioether (sulfide) groups is 1. The Labute approximate surface area is 200 Å². The molecule has 0 aliphatic carbocycles. The number of carbonyl (C=O) groups is 2. The van der Waals surface area contributed by atoms with E-state index >= 15 is 0 Å². The molecule has 0 aromatic heterocycles. The molecule has 0 radical (unpaired) electrons. The second-order valence-electron chi connectivity index (χ2n) is 7.43. The molecule has 2 aliphatic heterocycles. The number of hydrogen-bond acceptors (Lipinski definition) is 9. The molecule has 0 bridgehead atoms. The number of morpholine rings is 1. The highest BCUT2D eigenvalue weighted by Gasteiger charge is 2.35. The maximum absolute atomic E-state index is 13.0. The number of carbonyl (C=O) groups excluding carboxylic acids is 2. The molecule has 2 aliphatic rings. The van der Waals surface area contributed by atoms with E-state index in [1.54, 1.807) is 30.3 Å². The van der Waals surface area contributed by atoms with Crippen LogP contribution in [0.4, 0.5) is 16.2 Å². The number of benzene rings is 2. The molecule has 2 amide bonds. The molecular weight excluding hydrogens is 462 g/mol. The maximum Gasteiger partial charge on any atom is 0.293 e. The van der Waals surface area contributed by atoms with Crippen molar-refractivity contribution in [3.8, 4) is 11.5 Å². The van der Waals surface area contributed by atoms with Gasteiger partial charge in [0.05, 0.1) is 36.7 Å². The van der Waals surface area contributed by atoms with Gasteiger partial charge in [0.15, 0.2) is 11.5 Å². The van der Waals surface area contributed by atoms with Crippen molar-refractivity contribution >= 4 is 40.4 Å². The number of hydrogen-bond donors (Lipinski definition) is 0. The molecule has 10 nitrogen and oxygen atoms in total. The van der Waals surface area contributed by atoms with Crippen molar-refractivity contribution in [3.05, 3.63) is 63.0 Å². The number of nitro groups is 1. The van der Waals surface area contributed by atoms with Crippen LogP contribution in [0.25, 0.3) is 6.08 Å². The van der Waals surface area contributed by atoms with Gasteiger partial charge in [-0.25, -0.2) is 0 Å². The highest BCUT2D eigenvalue weighted by molar-refractivity contribution is 8.18. The van der Waals surface area contributed by atoms with Crippen molar-refractivity contribution in [2.75, 3.05) is 51.5 Å². The summed E-state index contributed by atoms with van der Waals surface area (Å²) in [5, 5.41) is 10.9. The number of ether oxygens (including phenoxy) is 3. The number of rotatable bonds is 8. The van der Waals surface area contributed by atoms with Gasteiger partial charge in [0, 0.05) is 36.5 Å². The molecule has 2 aromatic carbocycles. The van der Waals surface area contributed by atoms with E-state index in [1.807, 2.05) is 11.0 Å². The third-order valence-corrected chi connectivity index (χ3v) is 6.28. The van der Waals surface area contributed by atoms with Gasteiger partial charge in [0.25, 0.3) is 16.8 Å². The van der Waals surface area contributed by atoms with Crippen LogP contribution in [-0.4, -0.2) is 67.5 Å². The van der Waals surface area contributed by atoms with E-state index < -0.39 is 16.1 Å². The lowest BCUT2D eigenvalue weighted by Gasteiger charge is -2.30. The third kappa shape index (κ3) is 5.15. The molecule has 4 rings (SSSR count). The van der Waals surface area contributed by atoms with Crippen molar-refractivity contribution in [1.29, 1.82) is 0 Å². The van der Waals surface area contributed by atoms with E-state index in [9.17, 15) is 19.7 Å². The number of nitro benzene ring substituents is 1. The number of nitrogens with zero attached hydrogens (tertiary/aromatic N) is 3. The van der Waals surface area contributed by atoms with Crippen LogP contribution in [0, 0.1) is 10.1 Å². The largest absolute Gasteiger partial charge is 0.493 e. The highest BCUT2D eigenvalue weighted by Crippen LogP contribution is 2.35. The molecule has 0 N–H and O–H groups in total. The number of anilines is 1. The molecular formula is C23H23N3O7S. The summed E-state index contributed by atoms with van der Waals surface area (Å²) >= 11 is 0.805. The second kappa shape index (κ2) is 10.6. The summed E-state index contributed by atoms with van der Waals surface area (Å²) in [5.74, 6) is 0.607. The fourth-order valence-corrected chi connectivity index (χ4v) is 4.54. The Morgan fingerprint density at radius 3 is 2.59 bits per heavy atom. The quantitative estimate of drug-likeness (QED) is 0.315. The molecule has 34 heavy (non-hydrogen) atoms. The first-order valence-electron chi connectivity index (χ1n) is 10.6. The molecule has 0 unspecified atom stereocenters. The fourth-order valence-electron chi connectivity index (χ4n) is 3.68. The van der Waals surface area contributed by atoms with E-state index in [4.69, 9.17) is 14.2 Å². The second-order valence-corrected chi connectivity index (χ2v) is 8.43. The number of imide groups is 1. The minimum Gasteiger partial charge on any atom is -0.493 e. The van der Waals surface area contributed by atoms with Crippen LogP contribution in [0.5, 0.6) is 11.5 Å². The van der Waals surface area contributed by atoms with Gasteiger partial charge in [0.1, 0.15) is 6.61 Å². The summed E-state index contributed by atoms with van der Waals surface area (Å²) in [6.45, 7) is 2.49. The highest BCUT2D eigenvalue weighted by atomic mass is 32.2. The zero-order valence-corrected chi connectivity index (χ0v) is 19.3. The van der Waals surface area contributed by atoms with Crippen LogP contribution >= 0.6 is 11.8 Å². The van der Waals surface area contributed by atoms with Gasteiger partial charge >= 0.3 is 0 Å². The van der Waals surface area contributed by atoms with Crippen molar-refractivity contribution in [3.63, 3.8) is 0 Å². The zero-order chi connectivity index (χ0) is 24.1. The zero-order valence-electron chi connectivity index (χ0n) is 18.5. The molecule has 0 spiro atoms. The van der Waals surface area contributed by atoms with E-state index in [-0.39, 0.29) is 23.7 Å². The molecule has 0 atom stereocenters. The van der Waals surface area contributed by atoms with Crippen LogP contribution in [-0.2, 0) is 9.53 Å². The molecule has 2 fully saturated rings. The Morgan fingerprint density at radius 2 is 1.88 bits per heavy atom. The predicted molar refractivity (Wildman–Crippen MR) is 127 cm³/mol. The van der Waals surface area contributed by atoms with Crippen molar-refractivity contribution in [1.82, 2.24) is 4.90 Å². The minimum atomic E-state index is -0.485. The summed E-state index contributed by atoms with van der Waals surface area (Å²) in [6, 6.07) is 11.6. The van der Waals surface area contributed by atoms with Crippen molar-refractivity contribution < 1.29 is 28.7 Å². The normalized spacial score (nSPS) is 17.4. The van der Waals surface area contributed by atoms with E-state index in [1.165, 1.54) is 19.2 Å². The van der Waals surface area contributed by atoms with E-state index in [0.29, 0.717) is 43.4 Å². The Hall–Kier alpha value is -3.57. The summed E-state index contributed by atoms with van der Waals surface area (Å²) in [4.78, 5) is 39.7. The molecule has 2 saturated heterocycles. The lowest BCUT2D eigenvalue weighted by Crippen LogP contribution is -2.36. The monoisotopic (exact) mass is 485 g/mol. The summed E-state index contributed by atoms with van der Waals surface area (Å²) in [6.07, 6.45) is 1.55. The molecule has 2 heterocycles. The maximum atomic E-state index is 13.0. The summed E-state index contributed by atoms with van der Waals surface area (Å²) in [7, 11) is 1.53. The van der Waals surface area contributed by atoms with Gasteiger partial charge in [-0.3, -0.25) is 24.6 Å². The molecule has 2 aromatic rings. The van der Waals surface area contributed by atoms with Crippen LogP contribution in [0.3, 0.4) is 0 Å². The van der Waals surface area contributed by atoms with E-state index in [2.05, 4.69) is 0 Å². The van der Waals surface area contributed by atoms with Crippen LogP contribution < -0.4 is 14.4 Å². The van der Waals surface area contributed by atoms with Gasteiger partial charge < -0.3 is 19.1 Å². The fraction of sp³-hybridized carbons (Fsp3) is 0.304. The average Bonchev–Trinajstić information content (AvgIpc) is 3.12. The number of non-ortho nitro benzene ring substituents is 1. The van der Waals surface area contributed by atoms with E-state index in [0.717, 1.165) is 22.3 Å². The standard InChI is InChI=1S/C23H23N3O7S/c1-31-19-4-2-3-5-20(19)33-13-10-25-22(27)21(34-23(25)28)15-16-14-17(26(29)30)6-7-18(16)24-8-11-32-12-9-24/h2-7,14-15H,8-13H2,1H3/b21-15-. The van der Waals surface area contributed by atoms with Crippen LogP contribution in [0.1, 0.15) is 5.56 Å². The Kier molecular flexibility index (Phi) is 7.33. The predicted octanol–water partition coefficient (Wildman–Crippen LogP) is 3.56. The van der Waals surface area contributed by atoms with Gasteiger partial charge in [-0.2, -0.15) is 0 Å². The smallest absolute Gasteiger partial charge is 0.293 e. The van der Waals surface area contributed by atoms with Crippen molar-refractivity contribution in [2.24, 2.45) is 0 Å². The summed E-state index contributed by atoms with van der Waals surface area (Å²) in [5.41, 5.74) is 1.17. The van der Waals surface area contributed by atoms with Crippen LogP contribution in [0.2, 0.25) is 0 Å². The van der Waals surface area contributed by atoms with Gasteiger partial charge in [-0.15, -0.1) is 0 Å². The number of amides is 2. The van der Waals surface area contributed by atoms with Gasteiger partial charge in [-0.05, 0) is 36.0 Å². The minimum absolute atomic E-state index is 0.0608. The number of methoxy groups -OCH3 is 1.